The number of hydrogen-bond acceptors (Lipinski definition) is 2. The van der Waals surface area contributed by atoms with Gasteiger partial charge >= 0.3 is 6.18 Å². The van der Waals surface area contributed by atoms with Crippen LogP contribution < -0.4 is 5.32 Å². The molecule has 0 radical (unpaired) electrons. The average molecular weight is 264 g/mol. The summed E-state index contributed by atoms with van der Waals surface area (Å²) >= 11 is 0. The minimum Gasteiger partial charge on any atom is -0.370 e. The molecule has 1 rings (SSSR count). The first-order valence-electron chi connectivity index (χ1n) is 5.97. The summed E-state index contributed by atoms with van der Waals surface area (Å²) in [7, 11) is 0. The number of halogens is 3. The van der Waals surface area contributed by atoms with Crippen LogP contribution in [0.5, 0.6) is 0 Å². The number of nitrogens with one attached hydrogen (secondary N) is 1. The van der Waals surface area contributed by atoms with E-state index >= 15 is 0 Å². The third-order valence-corrected chi connectivity index (χ3v) is 2.56. The van der Waals surface area contributed by atoms with E-state index in [1.807, 2.05) is 36.7 Å². The van der Waals surface area contributed by atoms with E-state index in [0.717, 1.165) is 12.2 Å². The molecular formula is C12H19F3N2O. The number of hydrogen-bond donors (Lipinski definition) is 1. The molecule has 1 aromatic heterocycles. The second-order valence-corrected chi connectivity index (χ2v) is 4.07. The van der Waals surface area contributed by atoms with Crippen molar-refractivity contribution in [2.24, 2.45) is 0 Å². The zero-order chi connectivity index (χ0) is 13.6. The van der Waals surface area contributed by atoms with E-state index in [-0.39, 0.29) is 12.6 Å². The maximum atomic E-state index is 11.9. The molecule has 0 fully saturated rings. The van der Waals surface area contributed by atoms with Crippen molar-refractivity contribution in [3.05, 3.63) is 24.0 Å². The highest BCUT2D eigenvalue weighted by Crippen LogP contribution is 2.15. The molecule has 0 aliphatic heterocycles. The minimum absolute atomic E-state index is 0.0556. The molecule has 1 aromatic rings. The first-order valence-corrected chi connectivity index (χ1v) is 5.97. The number of aromatic nitrogens is 1. The fourth-order valence-corrected chi connectivity index (χ4v) is 1.79. The molecule has 0 aliphatic carbocycles. The first-order chi connectivity index (χ1) is 8.44. The van der Waals surface area contributed by atoms with E-state index < -0.39 is 12.8 Å². The summed E-state index contributed by atoms with van der Waals surface area (Å²) in [5.41, 5.74) is 1.05. The molecule has 0 bridgehead atoms. The van der Waals surface area contributed by atoms with Gasteiger partial charge in [-0.15, -0.1) is 0 Å². The van der Waals surface area contributed by atoms with E-state index in [1.165, 1.54) is 0 Å². The fourth-order valence-electron chi connectivity index (χ4n) is 1.79. The number of nitrogens with zero attached hydrogens (tertiary/aromatic N) is 1. The van der Waals surface area contributed by atoms with Gasteiger partial charge in [0.1, 0.15) is 6.61 Å². The van der Waals surface area contributed by atoms with Crippen LogP contribution in [0.15, 0.2) is 18.3 Å². The van der Waals surface area contributed by atoms with Crippen LogP contribution in [0.4, 0.5) is 13.2 Å². The summed E-state index contributed by atoms with van der Waals surface area (Å²) in [4.78, 5) is 0. The molecule has 0 saturated heterocycles. The predicted octanol–water partition coefficient (Wildman–Crippen LogP) is 2.74. The summed E-state index contributed by atoms with van der Waals surface area (Å²) < 4.78 is 42.2. The van der Waals surface area contributed by atoms with Crippen LogP contribution in [0.3, 0.4) is 0 Å². The van der Waals surface area contributed by atoms with Crippen LogP contribution in [-0.4, -0.2) is 30.5 Å². The number of rotatable bonds is 7. The largest absolute Gasteiger partial charge is 0.411 e. The van der Waals surface area contributed by atoms with Crippen molar-refractivity contribution >= 4 is 0 Å². The Balaban J connectivity index is 2.41. The van der Waals surface area contributed by atoms with Crippen molar-refractivity contribution in [3.8, 4) is 0 Å². The topological polar surface area (TPSA) is 26.2 Å². The van der Waals surface area contributed by atoms with Crippen molar-refractivity contribution < 1.29 is 17.9 Å². The zero-order valence-electron chi connectivity index (χ0n) is 10.6. The summed E-state index contributed by atoms with van der Waals surface area (Å²) in [6, 6.07) is 4.01. The Labute approximate surface area is 105 Å². The van der Waals surface area contributed by atoms with Gasteiger partial charge < -0.3 is 14.6 Å². The maximum Gasteiger partial charge on any atom is 0.411 e. The van der Waals surface area contributed by atoms with Crippen LogP contribution in [-0.2, 0) is 11.3 Å². The highest BCUT2D eigenvalue weighted by Gasteiger charge is 2.27. The second kappa shape index (κ2) is 6.80. The lowest BCUT2D eigenvalue weighted by Gasteiger charge is -2.16. The molecule has 3 nitrogen and oxygen atoms in total. The normalized spacial score (nSPS) is 13.8. The van der Waals surface area contributed by atoms with Gasteiger partial charge in [0.25, 0.3) is 0 Å². The Morgan fingerprint density at radius 1 is 1.44 bits per heavy atom. The van der Waals surface area contributed by atoms with Crippen molar-refractivity contribution in [2.75, 3.05) is 19.8 Å². The van der Waals surface area contributed by atoms with Gasteiger partial charge in [-0.05, 0) is 25.6 Å². The second-order valence-electron chi connectivity index (χ2n) is 4.07. The fraction of sp³-hybridized carbons (Fsp3) is 0.667. The van der Waals surface area contributed by atoms with Gasteiger partial charge in [-0.2, -0.15) is 13.2 Å². The molecule has 1 atom stereocenters. The van der Waals surface area contributed by atoms with Crippen LogP contribution >= 0.6 is 0 Å². The maximum absolute atomic E-state index is 11.9. The lowest BCUT2D eigenvalue weighted by Crippen LogP contribution is -2.22. The molecule has 6 heteroatoms. The molecular weight excluding hydrogens is 245 g/mol. The highest BCUT2D eigenvalue weighted by atomic mass is 19.4. The SMILES string of the molecule is CCNC(C)c1cccn1CCOCC(F)(F)F. The lowest BCUT2D eigenvalue weighted by molar-refractivity contribution is -0.174. The summed E-state index contributed by atoms with van der Waals surface area (Å²) in [5, 5.41) is 3.26. The number of ether oxygens (including phenoxy) is 1. The van der Waals surface area contributed by atoms with E-state index in [2.05, 4.69) is 10.1 Å². The number of alkyl halides is 3. The third kappa shape index (κ3) is 5.10. The van der Waals surface area contributed by atoms with Crippen molar-refractivity contribution in [1.82, 2.24) is 9.88 Å². The predicted molar refractivity (Wildman–Crippen MR) is 63.4 cm³/mol. The summed E-state index contributed by atoms with van der Waals surface area (Å²) in [6.07, 6.45) is -2.41. The molecule has 0 saturated carbocycles. The van der Waals surface area contributed by atoms with Gasteiger partial charge in [-0.1, -0.05) is 6.92 Å². The Morgan fingerprint density at radius 3 is 2.78 bits per heavy atom. The van der Waals surface area contributed by atoms with Gasteiger partial charge in [0.15, 0.2) is 0 Å². The lowest BCUT2D eigenvalue weighted by atomic mass is 10.2. The molecule has 0 amide bonds. The Bertz CT molecular complexity index is 349. The molecule has 18 heavy (non-hydrogen) atoms. The van der Waals surface area contributed by atoms with Gasteiger partial charge in [-0.3, -0.25) is 0 Å². The molecule has 104 valence electrons. The average Bonchev–Trinajstić information content (AvgIpc) is 2.71. The van der Waals surface area contributed by atoms with Crippen molar-refractivity contribution in [2.45, 2.75) is 32.6 Å². The molecule has 0 aliphatic rings. The standard InChI is InChI=1S/C12H19F3N2O/c1-3-16-10(2)11-5-4-6-17(11)7-8-18-9-12(13,14)15/h4-6,10,16H,3,7-9H2,1-2H3. The van der Waals surface area contributed by atoms with Crippen molar-refractivity contribution in [3.63, 3.8) is 0 Å². The quantitative estimate of drug-likeness (QED) is 0.766. The minimum atomic E-state index is -4.25. The van der Waals surface area contributed by atoms with Crippen LogP contribution in [0.2, 0.25) is 0 Å². The van der Waals surface area contributed by atoms with Crippen molar-refractivity contribution in [1.29, 1.82) is 0 Å². The highest BCUT2D eigenvalue weighted by molar-refractivity contribution is 5.11. The molecule has 1 N–H and O–H groups in total. The smallest absolute Gasteiger partial charge is 0.370 e. The monoisotopic (exact) mass is 264 g/mol. The summed E-state index contributed by atoms with van der Waals surface area (Å²) in [6.45, 7) is 4.17. The Hall–Kier alpha value is -1.01. The van der Waals surface area contributed by atoms with Gasteiger partial charge in [0, 0.05) is 24.5 Å². The van der Waals surface area contributed by atoms with Gasteiger partial charge in [0.2, 0.25) is 0 Å². The molecule has 1 heterocycles. The van der Waals surface area contributed by atoms with Crippen LogP contribution in [0.1, 0.15) is 25.6 Å². The van der Waals surface area contributed by atoms with E-state index in [1.54, 1.807) is 0 Å². The zero-order valence-corrected chi connectivity index (χ0v) is 10.6. The Morgan fingerprint density at radius 2 is 2.17 bits per heavy atom. The Kier molecular flexibility index (Phi) is 5.68. The van der Waals surface area contributed by atoms with E-state index in [9.17, 15) is 13.2 Å². The molecule has 1 unspecified atom stereocenters. The van der Waals surface area contributed by atoms with E-state index in [0.29, 0.717) is 6.54 Å². The van der Waals surface area contributed by atoms with E-state index in [4.69, 9.17) is 0 Å². The third-order valence-electron chi connectivity index (χ3n) is 2.56. The van der Waals surface area contributed by atoms with Gasteiger partial charge in [-0.25, -0.2) is 0 Å². The first kappa shape index (κ1) is 15.0. The summed E-state index contributed by atoms with van der Waals surface area (Å²) in [5.74, 6) is 0. The van der Waals surface area contributed by atoms with Crippen LogP contribution in [0, 0.1) is 0 Å². The van der Waals surface area contributed by atoms with Crippen LogP contribution in [0.25, 0.3) is 0 Å². The van der Waals surface area contributed by atoms with Gasteiger partial charge in [0.05, 0.1) is 6.61 Å². The molecule has 0 spiro atoms. The molecule has 0 aromatic carbocycles.